The first-order valence-corrected chi connectivity index (χ1v) is 5.92. The molecular weight excluding hydrogens is 275 g/mol. The number of rotatable bonds is 1. The highest BCUT2D eigenvalue weighted by Crippen LogP contribution is 2.28. The van der Waals surface area contributed by atoms with E-state index in [1.165, 1.54) is 4.90 Å². The van der Waals surface area contributed by atoms with Crippen molar-refractivity contribution in [3.05, 3.63) is 29.6 Å². The lowest BCUT2D eigenvalue weighted by molar-refractivity contribution is -0.137. The number of hydrogen-bond donors (Lipinski definition) is 1. The first kappa shape index (κ1) is 14.3. The molecule has 1 N–H and O–H groups in total. The van der Waals surface area contributed by atoms with Crippen LogP contribution in [0.3, 0.4) is 0 Å². The van der Waals surface area contributed by atoms with Crippen molar-refractivity contribution in [3.63, 3.8) is 0 Å². The average Bonchev–Trinajstić information content (AvgIpc) is 2.40. The van der Waals surface area contributed by atoms with Crippen LogP contribution in [-0.2, 0) is 11.0 Å². The smallest absolute Gasteiger partial charge is 0.353 e. The summed E-state index contributed by atoms with van der Waals surface area (Å²) in [5.74, 6) is -0.849. The summed E-state index contributed by atoms with van der Waals surface area (Å²) in [4.78, 5) is 28.4. The number of alkyl halides is 3. The first-order valence-electron chi connectivity index (χ1n) is 5.92. The van der Waals surface area contributed by atoms with Crippen LogP contribution >= 0.6 is 0 Å². The molecule has 0 aliphatic carbocycles. The van der Waals surface area contributed by atoms with Gasteiger partial charge in [0.15, 0.2) is 0 Å². The Labute approximate surface area is 112 Å². The van der Waals surface area contributed by atoms with E-state index in [-0.39, 0.29) is 11.6 Å². The molecule has 0 radical (unpaired) electrons. The molecule has 1 aliphatic rings. The molecule has 5 nitrogen and oxygen atoms in total. The van der Waals surface area contributed by atoms with Gasteiger partial charge >= 0.3 is 6.18 Å². The molecule has 20 heavy (non-hydrogen) atoms. The third-order valence-corrected chi connectivity index (χ3v) is 3.07. The molecule has 1 atom stereocenters. The maximum Gasteiger partial charge on any atom is 0.417 e. The zero-order valence-electron chi connectivity index (χ0n) is 10.6. The normalized spacial score (nSPS) is 19.7. The maximum atomic E-state index is 12.4. The lowest BCUT2D eigenvalue weighted by atomic mass is 10.1. The Balaban J connectivity index is 2.19. The number of halogens is 3. The summed E-state index contributed by atoms with van der Waals surface area (Å²) >= 11 is 0. The third kappa shape index (κ3) is 2.73. The van der Waals surface area contributed by atoms with Gasteiger partial charge in [-0.3, -0.25) is 14.6 Å². The monoisotopic (exact) mass is 287 g/mol. The van der Waals surface area contributed by atoms with Gasteiger partial charge in [0.1, 0.15) is 11.7 Å². The van der Waals surface area contributed by atoms with Gasteiger partial charge in [-0.2, -0.15) is 13.2 Å². The SMILES string of the molecule is CC1C(=O)NCCN1C(=O)c1ccc(C(F)(F)F)cn1. The Morgan fingerprint density at radius 1 is 1.45 bits per heavy atom. The molecule has 0 spiro atoms. The molecule has 1 fully saturated rings. The molecule has 1 aromatic heterocycles. The van der Waals surface area contributed by atoms with Crippen LogP contribution in [0.25, 0.3) is 0 Å². The molecule has 0 saturated carbocycles. The van der Waals surface area contributed by atoms with Gasteiger partial charge in [0.05, 0.1) is 5.56 Å². The van der Waals surface area contributed by atoms with Crippen molar-refractivity contribution in [2.24, 2.45) is 0 Å². The van der Waals surface area contributed by atoms with Crippen LogP contribution in [0.2, 0.25) is 0 Å². The predicted molar refractivity (Wildman–Crippen MR) is 62.7 cm³/mol. The molecular formula is C12H12F3N3O2. The number of pyridine rings is 1. The highest BCUT2D eigenvalue weighted by atomic mass is 19.4. The number of nitrogens with one attached hydrogen (secondary N) is 1. The molecule has 2 rings (SSSR count). The van der Waals surface area contributed by atoms with E-state index >= 15 is 0 Å². The molecule has 1 aliphatic heterocycles. The van der Waals surface area contributed by atoms with Crippen molar-refractivity contribution in [1.82, 2.24) is 15.2 Å². The minimum absolute atomic E-state index is 0.112. The van der Waals surface area contributed by atoms with E-state index in [0.29, 0.717) is 19.3 Å². The molecule has 8 heteroatoms. The molecule has 2 heterocycles. The van der Waals surface area contributed by atoms with Crippen molar-refractivity contribution in [2.45, 2.75) is 19.1 Å². The van der Waals surface area contributed by atoms with Crippen LogP contribution in [0.4, 0.5) is 13.2 Å². The van der Waals surface area contributed by atoms with Gasteiger partial charge in [-0.15, -0.1) is 0 Å². The van der Waals surface area contributed by atoms with Crippen molar-refractivity contribution in [2.75, 3.05) is 13.1 Å². The minimum Gasteiger partial charge on any atom is -0.353 e. The molecule has 1 saturated heterocycles. The molecule has 0 bridgehead atoms. The van der Waals surface area contributed by atoms with Crippen molar-refractivity contribution < 1.29 is 22.8 Å². The van der Waals surface area contributed by atoms with Crippen LogP contribution in [-0.4, -0.2) is 40.8 Å². The number of piperazine rings is 1. The van der Waals surface area contributed by atoms with Gasteiger partial charge in [0, 0.05) is 19.3 Å². The highest BCUT2D eigenvalue weighted by Gasteiger charge is 2.33. The van der Waals surface area contributed by atoms with E-state index < -0.39 is 23.7 Å². The van der Waals surface area contributed by atoms with Crippen LogP contribution < -0.4 is 5.32 Å². The number of hydrogen-bond acceptors (Lipinski definition) is 3. The van der Waals surface area contributed by atoms with Crippen LogP contribution in [0.1, 0.15) is 23.0 Å². The van der Waals surface area contributed by atoms with Gasteiger partial charge in [0.2, 0.25) is 5.91 Å². The largest absolute Gasteiger partial charge is 0.417 e. The van der Waals surface area contributed by atoms with Gasteiger partial charge in [-0.25, -0.2) is 0 Å². The zero-order chi connectivity index (χ0) is 14.9. The minimum atomic E-state index is -4.49. The van der Waals surface area contributed by atoms with Crippen molar-refractivity contribution in [1.29, 1.82) is 0 Å². The molecule has 2 amide bonds. The molecule has 1 aromatic rings. The van der Waals surface area contributed by atoms with Crippen LogP contribution in [0, 0.1) is 0 Å². The van der Waals surface area contributed by atoms with E-state index in [1.54, 1.807) is 6.92 Å². The average molecular weight is 287 g/mol. The lowest BCUT2D eigenvalue weighted by Crippen LogP contribution is -2.55. The second-order valence-corrected chi connectivity index (χ2v) is 4.40. The number of nitrogens with zero attached hydrogens (tertiary/aromatic N) is 2. The van der Waals surface area contributed by atoms with E-state index in [9.17, 15) is 22.8 Å². The van der Waals surface area contributed by atoms with Gasteiger partial charge in [-0.1, -0.05) is 0 Å². The Hall–Kier alpha value is -2.12. The van der Waals surface area contributed by atoms with Crippen molar-refractivity contribution in [3.8, 4) is 0 Å². The Morgan fingerprint density at radius 2 is 2.15 bits per heavy atom. The number of amides is 2. The Kier molecular flexibility index (Phi) is 3.65. The zero-order valence-corrected chi connectivity index (χ0v) is 10.6. The fourth-order valence-electron chi connectivity index (χ4n) is 1.90. The fraction of sp³-hybridized carbons (Fsp3) is 0.417. The van der Waals surface area contributed by atoms with Crippen molar-refractivity contribution >= 4 is 11.8 Å². The number of aromatic nitrogens is 1. The third-order valence-electron chi connectivity index (χ3n) is 3.07. The maximum absolute atomic E-state index is 12.4. The summed E-state index contributed by atoms with van der Waals surface area (Å²) in [6.07, 6.45) is -3.88. The standard InChI is InChI=1S/C12H12F3N3O2/c1-7-10(19)16-4-5-18(7)11(20)9-3-2-8(6-17-9)12(13,14)15/h2-3,6-7H,4-5H2,1H3,(H,16,19). The van der Waals surface area contributed by atoms with Gasteiger partial charge in [-0.05, 0) is 19.1 Å². The van der Waals surface area contributed by atoms with Gasteiger partial charge in [0.25, 0.3) is 5.91 Å². The molecule has 1 unspecified atom stereocenters. The van der Waals surface area contributed by atoms with E-state index in [2.05, 4.69) is 10.3 Å². The second kappa shape index (κ2) is 5.10. The Bertz CT molecular complexity index is 528. The van der Waals surface area contributed by atoms with E-state index in [4.69, 9.17) is 0 Å². The van der Waals surface area contributed by atoms with E-state index in [1.807, 2.05) is 0 Å². The Morgan fingerprint density at radius 3 is 2.70 bits per heavy atom. The molecule has 108 valence electrons. The summed E-state index contributed by atoms with van der Waals surface area (Å²) in [7, 11) is 0. The second-order valence-electron chi connectivity index (χ2n) is 4.40. The topological polar surface area (TPSA) is 62.3 Å². The van der Waals surface area contributed by atoms with Gasteiger partial charge < -0.3 is 10.2 Å². The summed E-state index contributed by atoms with van der Waals surface area (Å²) < 4.78 is 37.2. The number of carbonyl (C=O) groups excluding carboxylic acids is 2. The summed E-state index contributed by atoms with van der Waals surface area (Å²) in [5, 5.41) is 2.60. The first-order chi connectivity index (χ1) is 9.30. The quantitative estimate of drug-likeness (QED) is 0.840. The summed E-state index contributed by atoms with van der Waals surface area (Å²) in [6, 6.07) is 1.15. The summed E-state index contributed by atoms with van der Waals surface area (Å²) in [6.45, 7) is 2.17. The predicted octanol–water partition coefficient (Wildman–Crippen LogP) is 1.06. The van der Waals surface area contributed by atoms with E-state index in [0.717, 1.165) is 12.1 Å². The highest BCUT2D eigenvalue weighted by molar-refractivity contribution is 5.96. The lowest BCUT2D eigenvalue weighted by Gasteiger charge is -2.32. The number of carbonyl (C=O) groups is 2. The summed E-state index contributed by atoms with van der Waals surface area (Å²) in [5.41, 5.74) is -1.03. The van der Waals surface area contributed by atoms with Crippen LogP contribution in [0.15, 0.2) is 18.3 Å². The fourth-order valence-corrected chi connectivity index (χ4v) is 1.90. The molecule has 0 aromatic carbocycles. The van der Waals surface area contributed by atoms with Crippen LogP contribution in [0.5, 0.6) is 0 Å².